The van der Waals surface area contributed by atoms with E-state index in [1.807, 2.05) is 20.8 Å². The molecule has 1 atom stereocenters. The van der Waals surface area contributed by atoms with Gasteiger partial charge < -0.3 is 15.0 Å². The molecule has 0 aliphatic carbocycles. The van der Waals surface area contributed by atoms with Gasteiger partial charge in [-0.15, -0.1) is 0 Å². The fourth-order valence-electron chi connectivity index (χ4n) is 1.67. The summed E-state index contributed by atoms with van der Waals surface area (Å²) in [5.41, 5.74) is -0.404. The molecule has 0 aromatic heterocycles. The molecule has 88 valence electrons. The van der Waals surface area contributed by atoms with E-state index in [9.17, 15) is 4.79 Å². The van der Waals surface area contributed by atoms with E-state index >= 15 is 0 Å². The average molecular weight is 214 g/mol. The molecule has 0 spiro atoms. The Kier molecular flexibility index (Phi) is 3.97. The molecular formula is C11H22N2O2. The van der Waals surface area contributed by atoms with Crippen LogP contribution in [0.4, 0.5) is 4.79 Å². The summed E-state index contributed by atoms with van der Waals surface area (Å²) >= 11 is 0. The summed E-state index contributed by atoms with van der Waals surface area (Å²) in [7, 11) is 1.80. The van der Waals surface area contributed by atoms with Gasteiger partial charge in [0.1, 0.15) is 5.60 Å². The van der Waals surface area contributed by atoms with Crippen LogP contribution in [-0.2, 0) is 4.74 Å². The maximum absolute atomic E-state index is 11.6. The summed E-state index contributed by atoms with van der Waals surface area (Å²) in [6.45, 7) is 8.50. The summed E-state index contributed by atoms with van der Waals surface area (Å²) in [6, 6.07) is 0. The fourth-order valence-corrected chi connectivity index (χ4v) is 1.67. The second kappa shape index (κ2) is 4.84. The second-order valence-corrected chi connectivity index (χ2v) is 5.22. The molecule has 1 N–H and O–H groups in total. The molecule has 0 saturated carbocycles. The molecule has 15 heavy (non-hydrogen) atoms. The van der Waals surface area contributed by atoms with Crippen LogP contribution in [0.25, 0.3) is 0 Å². The van der Waals surface area contributed by atoms with Crippen LogP contribution in [0.5, 0.6) is 0 Å². The van der Waals surface area contributed by atoms with Crippen molar-refractivity contribution in [2.75, 3.05) is 26.7 Å². The van der Waals surface area contributed by atoms with Gasteiger partial charge in [0.15, 0.2) is 0 Å². The van der Waals surface area contributed by atoms with Crippen LogP contribution in [0.15, 0.2) is 0 Å². The molecule has 0 bridgehead atoms. The maximum atomic E-state index is 11.6. The molecule has 0 unspecified atom stereocenters. The molecule has 1 saturated heterocycles. The lowest BCUT2D eigenvalue weighted by atomic mass is 10.1. The highest BCUT2D eigenvalue weighted by Crippen LogP contribution is 2.12. The van der Waals surface area contributed by atoms with E-state index in [1.54, 1.807) is 11.9 Å². The quantitative estimate of drug-likeness (QED) is 0.756. The molecule has 4 heteroatoms. The van der Waals surface area contributed by atoms with Crippen molar-refractivity contribution < 1.29 is 9.53 Å². The summed E-state index contributed by atoms with van der Waals surface area (Å²) in [4.78, 5) is 13.3. The molecule has 1 aliphatic heterocycles. The van der Waals surface area contributed by atoms with Crippen LogP contribution in [0, 0.1) is 5.92 Å². The van der Waals surface area contributed by atoms with Gasteiger partial charge in [-0.3, -0.25) is 0 Å². The minimum atomic E-state index is -0.404. The monoisotopic (exact) mass is 214 g/mol. The van der Waals surface area contributed by atoms with Gasteiger partial charge in [0.25, 0.3) is 0 Å². The molecule has 0 aromatic rings. The minimum Gasteiger partial charge on any atom is -0.444 e. The summed E-state index contributed by atoms with van der Waals surface area (Å²) < 4.78 is 5.28. The first-order valence-corrected chi connectivity index (χ1v) is 5.53. The van der Waals surface area contributed by atoms with Gasteiger partial charge in [0.05, 0.1) is 0 Å². The van der Waals surface area contributed by atoms with Crippen molar-refractivity contribution in [3.63, 3.8) is 0 Å². The number of ether oxygens (including phenoxy) is 1. The molecule has 1 rings (SSSR count). The zero-order chi connectivity index (χ0) is 11.5. The average Bonchev–Trinajstić information content (AvgIpc) is 2.53. The summed E-state index contributed by atoms with van der Waals surface area (Å²) in [5, 5.41) is 3.29. The maximum Gasteiger partial charge on any atom is 0.410 e. The Morgan fingerprint density at radius 3 is 2.67 bits per heavy atom. The lowest BCUT2D eigenvalue weighted by Crippen LogP contribution is -2.37. The molecule has 1 aliphatic rings. The molecule has 4 nitrogen and oxygen atoms in total. The van der Waals surface area contributed by atoms with Crippen LogP contribution in [0.2, 0.25) is 0 Å². The Morgan fingerprint density at radius 1 is 1.53 bits per heavy atom. The van der Waals surface area contributed by atoms with Gasteiger partial charge in [-0.05, 0) is 46.2 Å². The van der Waals surface area contributed by atoms with Gasteiger partial charge in [-0.25, -0.2) is 4.79 Å². The van der Waals surface area contributed by atoms with Gasteiger partial charge in [0, 0.05) is 13.6 Å². The van der Waals surface area contributed by atoms with Crippen LogP contribution >= 0.6 is 0 Å². The first kappa shape index (κ1) is 12.3. The van der Waals surface area contributed by atoms with E-state index in [0.29, 0.717) is 5.92 Å². The van der Waals surface area contributed by atoms with Gasteiger partial charge in [0.2, 0.25) is 0 Å². The van der Waals surface area contributed by atoms with Crippen molar-refractivity contribution in [3.05, 3.63) is 0 Å². The first-order chi connectivity index (χ1) is 6.88. The molecular weight excluding hydrogens is 192 g/mol. The van der Waals surface area contributed by atoms with Gasteiger partial charge in [-0.2, -0.15) is 0 Å². The molecule has 1 amide bonds. The number of hydrogen-bond acceptors (Lipinski definition) is 3. The van der Waals surface area contributed by atoms with Crippen LogP contribution in [0.3, 0.4) is 0 Å². The van der Waals surface area contributed by atoms with Gasteiger partial charge in [-0.1, -0.05) is 0 Å². The first-order valence-electron chi connectivity index (χ1n) is 5.53. The normalized spacial score (nSPS) is 21.5. The Bertz CT molecular complexity index is 217. The van der Waals surface area contributed by atoms with Crippen molar-refractivity contribution in [2.24, 2.45) is 5.92 Å². The van der Waals surface area contributed by atoms with Crippen LogP contribution in [-0.4, -0.2) is 43.3 Å². The van der Waals surface area contributed by atoms with E-state index in [1.165, 1.54) is 0 Å². The van der Waals surface area contributed by atoms with E-state index < -0.39 is 5.60 Å². The van der Waals surface area contributed by atoms with Crippen molar-refractivity contribution in [1.82, 2.24) is 10.2 Å². The molecule has 1 heterocycles. The van der Waals surface area contributed by atoms with Crippen molar-refractivity contribution in [3.8, 4) is 0 Å². The van der Waals surface area contributed by atoms with Crippen molar-refractivity contribution in [2.45, 2.75) is 32.8 Å². The van der Waals surface area contributed by atoms with E-state index in [2.05, 4.69) is 5.32 Å². The number of amides is 1. The number of rotatable bonds is 2. The third-order valence-corrected chi connectivity index (χ3v) is 2.40. The molecule has 0 radical (unpaired) electrons. The smallest absolute Gasteiger partial charge is 0.410 e. The standard InChI is InChI=1S/C11H22N2O2/c1-11(2,3)15-10(14)13(4)8-9-5-6-12-7-9/h9,12H,5-8H2,1-4H3/t9-/m1/s1. The topological polar surface area (TPSA) is 41.6 Å². The van der Waals surface area contributed by atoms with Crippen LogP contribution < -0.4 is 5.32 Å². The number of carbonyl (C=O) groups excluding carboxylic acids is 1. The predicted octanol–water partition coefficient (Wildman–Crippen LogP) is 1.46. The van der Waals surface area contributed by atoms with E-state index in [4.69, 9.17) is 4.74 Å². The third-order valence-electron chi connectivity index (χ3n) is 2.40. The Hall–Kier alpha value is -0.770. The third kappa shape index (κ3) is 4.51. The number of nitrogens with one attached hydrogen (secondary N) is 1. The lowest BCUT2D eigenvalue weighted by Gasteiger charge is -2.26. The van der Waals surface area contributed by atoms with E-state index in [0.717, 1.165) is 26.1 Å². The number of hydrogen-bond donors (Lipinski definition) is 1. The zero-order valence-electron chi connectivity index (χ0n) is 10.2. The highest BCUT2D eigenvalue weighted by Gasteiger charge is 2.23. The highest BCUT2D eigenvalue weighted by atomic mass is 16.6. The Balaban J connectivity index is 2.32. The van der Waals surface area contributed by atoms with E-state index in [-0.39, 0.29) is 6.09 Å². The molecule has 1 fully saturated rings. The van der Waals surface area contributed by atoms with Crippen molar-refractivity contribution in [1.29, 1.82) is 0 Å². The van der Waals surface area contributed by atoms with Crippen molar-refractivity contribution >= 4 is 6.09 Å². The van der Waals surface area contributed by atoms with Crippen LogP contribution in [0.1, 0.15) is 27.2 Å². The minimum absolute atomic E-state index is 0.227. The second-order valence-electron chi connectivity index (χ2n) is 5.22. The summed E-state index contributed by atoms with van der Waals surface area (Å²) in [6.07, 6.45) is 0.919. The fraction of sp³-hybridized carbons (Fsp3) is 0.909. The predicted molar refractivity (Wildman–Crippen MR) is 59.8 cm³/mol. The SMILES string of the molecule is CN(C[C@@H]1CCNC1)C(=O)OC(C)(C)C. The number of nitrogens with zero attached hydrogens (tertiary/aromatic N) is 1. The number of carbonyl (C=O) groups is 1. The molecule has 0 aromatic carbocycles. The summed E-state index contributed by atoms with van der Waals surface area (Å²) in [5.74, 6) is 0.572. The Labute approximate surface area is 92.0 Å². The highest BCUT2D eigenvalue weighted by molar-refractivity contribution is 5.67. The van der Waals surface area contributed by atoms with Gasteiger partial charge >= 0.3 is 6.09 Å². The largest absolute Gasteiger partial charge is 0.444 e. The zero-order valence-corrected chi connectivity index (χ0v) is 10.2. The Morgan fingerprint density at radius 2 is 2.20 bits per heavy atom. The lowest BCUT2D eigenvalue weighted by molar-refractivity contribution is 0.0277.